The third-order valence-corrected chi connectivity index (χ3v) is 5.07. The van der Waals surface area contributed by atoms with E-state index in [0.717, 1.165) is 17.6 Å². The molecule has 0 saturated carbocycles. The molecule has 0 unspecified atom stereocenters. The van der Waals surface area contributed by atoms with E-state index in [0.29, 0.717) is 5.56 Å². The first-order valence-electron chi connectivity index (χ1n) is 7.25. The molecule has 0 aliphatic carbocycles. The lowest BCUT2D eigenvalue weighted by Crippen LogP contribution is -2.17. The van der Waals surface area contributed by atoms with Crippen molar-refractivity contribution in [3.8, 4) is 0 Å². The lowest BCUT2D eigenvalue weighted by atomic mass is 10.1. The standard InChI is InChI=1S/C17H19NO5S/c1-11-9-14(12(2)18(11)3)15(19)10-23-17(20)13-7-5-6-8-16(13)24(4,21)22/h5-9H,10H2,1-4H3. The molecule has 2 aromatic rings. The molecular formula is C17H19NO5S. The van der Waals surface area contributed by atoms with Crippen LogP contribution in [-0.2, 0) is 21.6 Å². The molecule has 0 aliphatic heterocycles. The molecular weight excluding hydrogens is 330 g/mol. The molecule has 0 saturated heterocycles. The number of carbonyl (C=O) groups is 2. The summed E-state index contributed by atoms with van der Waals surface area (Å²) in [7, 11) is -1.72. The Morgan fingerprint density at radius 3 is 2.29 bits per heavy atom. The highest BCUT2D eigenvalue weighted by atomic mass is 32.2. The Hall–Kier alpha value is -2.41. The number of Topliss-reactive ketones (excluding diaryl/α,β-unsaturated/α-hetero) is 1. The maximum absolute atomic E-state index is 12.2. The number of ketones is 1. The molecule has 0 aliphatic rings. The van der Waals surface area contributed by atoms with Gasteiger partial charge in [0.15, 0.2) is 16.4 Å². The highest BCUT2D eigenvalue weighted by Crippen LogP contribution is 2.17. The van der Waals surface area contributed by atoms with Crippen molar-refractivity contribution in [2.24, 2.45) is 7.05 Å². The van der Waals surface area contributed by atoms with Gasteiger partial charge in [0, 0.05) is 30.3 Å². The molecule has 0 fully saturated rings. The minimum Gasteiger partial charge on any atom is -0.454 e. The Morgan fingerprint density at radius 1 is 1.12 bits per heavy atom. The number of aryl methyl sites for hydroxylation is 1. The maximum atomic E-state index is 12.2. The predicted molar refractivity (Wildman–Crippen MR) is 89.1 cm³/mol. The van der Waals surface area contributed by atoms with Crippen LogP contribution in [0.4, 0.5) is 0 Å². The third kappa shape index (κ3) is 3.56. The first-order valence-corrected chi connectivity index (χ1v) is 9.14. The van der Waals surface area contributed by atoms with Gasteiger partial charge in [-0.25, -0.2) is 13.2 Å². The number of hydrogen-bond donors (Lipinski definition) is 0. The van der Waals surface area contributed by atoms with Gasteiger partial charge >= 0.3 is 5.97 Å². The number of esters is 1. The number of aromatic nitrogens is 1. The number of sulfone groups is 1. The van der Waals surface area contributed by atoms with Crippen LogP contribution in [0.2, 0.25) is 0 Å². The van der Waals surface area contributed by atoms with Gasteiger partial charge in [-0.05, 0) is 32.0 Å². The minimum absolute atomic E-state index is 0.0752. The molecule has 0 spiro atoms. The average molecular weight is 349 g/mol. The molecule has 2 rings (SSSR count). The summed E-state index contributed by atoms with van der Waals surface area (Å²) in [6, 6.07) is 7.49. The summed E-state index contributed by atoms with van der Waals surface area (Å²) in [6.07, 6.45) is 1.01. The van der Waals surface area contributed by atoms with E-state index >= 15 is 0 Å². The average Bonchev–Trinajstić information content (AvgIpc) is 2.79. The van der Waals surface area contributed by atoms with Gasteiger partial charge in [0.05, 0.1) is 10.5 Å². The molecule has 0 amide bonds. The number of rotatable bonds is 5. The van der Waals surface area contributed by atoms with E-state index in [4.69, 9.17) is 4.74 Å². The van der Waals surface area contributed by atoms with Crippen LogP contribution in [-0.4, -0.2) is 37.6 Å². The fourth-order valence-corrected chi connectivity index (χ4v) is 3.26. The molecule has 0 atom stereocenters. The fraction of sp³-hybridized carbons (Fsp3) is 0.294. The lowest BCUT2D eigenvalue weighted by molar-refractivity contribution is 0.0471. The van der Waals surface area contributed by atoms with E-state index < -0.39 is 22.4 Å². The SMILES string of the molecule is Cc1cc(C(=O)COC(=O)c2ccccc2S(C)(=O)=O)c(C)n1C. The van der Waals surface area contributed by atoms with Crippen LogP contribution in [0, 0.1) is 13.8 Å². The van der Waals surface area contributed by atoms with Crippen LogP contribution in [0.15, 0.2) is 35.2 Å². The second-order valence-corrected chi connectivity index (χ2v) is 7.60. The van der Waals surface area contributed by atoms with Gasteiger partial charge in [-0.2, -0.15) is 0 Å². The van der Waals surface area contributed by atoms with Gasteiger partial charge in [-0.1, -0.05) is 12.1 Å². The first kappa shape index (κ1) is 17.9. The monoisotopic (exact) mass is 349 g/mol. The summed E-state index contributed by atoms with van der Waals surface area (Å²) >= 11 is 0. The van der Waals surface area contributed by atoms with Gasteiger partial charge in [-0.15, -0.1) is 0 Å². The third-order valence-electron chi connectivity index (χ3n) is 3.92. The summed E-state index contributed by atoms with van der Waals surface area (Å²) in [5.41, 5.74) is 2.11. The molecule has 6 nitrogen and oxygen atoms in total. The van der Waals surface area contributed by atoms with Crippen molar-refractivity contribution < 1.29 is 22.7 Å². The van der Waals surface area contributed by atoms with Crippen molar-refractivity contribution >= 4 is 21.6 Å². The zero-order chi connectivity index (χ0) is 18.1. The molecule has 0 N–H and O–H groups in total. The molecule has 1 heterocycles. The maximum Gasteiger partial charge on any atom is 0.339 e. The van der Waals surface area contributed by atoms with Crippen LogP contribution in [0.5, 0.6) is 0 Å². The van der Waals surface area contributed by atoms with E-state index in [2.05, 4.69) is 0 Å². The summed E-state index contributed by atoms with van der Waals surface area (Å²) < 4.78 is 30.3. The zero-order valence-corrected chi connectivity index (χ0v) is 14.8. The van der Waals surface area contributed by atoms with Crippen molar-refractivity contribution in [2.45, 2.75) is 18.7 Å². The molecule has 0 bridgehead atoms. The summed E-state index contributed by atoms with van der Waals surface area (Å²) in [6.45, 7) is 3.24. The van der Waals surface area contributed by atoms with Crippen LogP contribution < -0.4 is 0 Å². The molecule has 24 heavy (non-hydrogen) atoms. The van der Waals surface area contributed by atoms with E-state index in [9.17, 15) is 18.0 Å². The predicted octanol–water partition coefficient (Wildman–Crippen LogP) is 2.09. The number of benzene rings is 1. The normalized spacial score (nSPS) is 11.3. The largest absolute Gasteiger partial charge is 0.454 e. The van der Waals surface area contributed by atoms with Crippen molar-refractivity contribution in [1.29, 1.82) is 0 Å². The molecule has 1 aromatic carbocycles. The summed E-state index contributed by atoms with van der Waals surface area (Å²) in [5, 5.41) is 0. The van der Waals surface area contributed by atoms with Crippen LogP contribution >= 0.6 is 0 Å². The Kier molecular flexibility index (Phi) is 4.94. The molecule has 0 radical (unpaired) electrons. The van der Waals surface area contributed by atoms with Gasteiger partial charge in [0.1, 0.15) is 0 Å². The number of carbonyl (C=O) groups excluding carboxylic acids is 2. The molecule has 1 aromatic heterocycles. The number of hydrogen-bond acceptors (Lipinski definition) is 5. The topological polar surface area (TPSA) is 82.4 Å². The smallest absolute Gasteiger partial charge is 0.339 e. The van der Waals surface area contributed by atoms with Crippen LogP contribution in [0.3, 0.4) is 0 Å². The Morgan fingerprint density at radius 2 is 1.75 bits per heavy atom. The van der Waals surface area contributed by atoms with Crippen molar-refractivity contribution in [1.82, 2.24) is 4.57 Å². The Balaban J connectivity index is 2.17. The van der Waals surface area contributed by atoms with E-state index in [1.165, 1.54) is 24.3 Å². The number of ether oxygens (including phenoxy) is 1. The van der Waals surface area contributed by atoms with Gasteiger partial charge < -0.3 is 9.30 Å². The fourth-order valence-electron chi connectivity index (χ4n) is 2.38. The second-order valence-electron chi connectivity index (χ2n) is 5.61. The zero-order valence-electron chi connectivity index (χ0n) is 14.0. The van der Waals surface area contributed by atoms with Crippen molar-refractivity contribution in [3.63, 3.8) is 0 Å². The lowest BCUT2D eigenvalue weighted by Gasteiger charge is -2.08. The first-order chi connectivity index (χ1) is 11.1. The van der Waals surface area contributed by atoms with E-state index in [-0.39, 0.29) is 16.2 Å². The Bertz CT molecular complexity index is 909. The molecule has 128 valence electrons. The quantitative estimate of drug-likeness (QED) is 0.610. The van der Waals surface area contributed by atoms with E-state index in [1.54, 1.807) is 13.0 Å². The second kappa shape index (κ2) is 6.60. The van der Waals surface area contributed by atoms with E-state index in [1.807, 2.05) is 18.5 Å². The Labute approximate surface area is 141 Å². The van der Waals surface area contributed by atoms with Gasteiger partial charge in [0.25, 0.3) is 0 Å². The minimum atomic E-state index is -3.57. The van der Waals surface area contributed by atoms with Crippen LogP contribution in [0.25, 0.3) is 0 Å². The van der Waals surface area contributed by atoms with Gasteiger partial charge in [0.2, 0.25) is 5.78 Å². The summed E-state index contributed by atoms with van der Waals surface area (Å²) in [5.74, 6) is -1.17. The van der Waals surface area contributed by atoms with Crippen molar-refractivity contribution in [2.75, 3.05) is 12.9 Å². The van der Waals surface area contributed by atoms with Crippen LogP contribution in [0.1, 0.15) is 32.1 Å². The van der Waals surface area contributed by atoms with Gasteiger partial charge in [-0.3, -0.25) is 4.79 Å². The summed E-state index contributed by atoms with van der Waals surface area (Å²) in [4.78, 5) is 24.3. The number of nitrogens with zero attached hydrogens (tertiary/aromatic N) is 1. The van der Waals surface area contributed by atoms with Crippen molar-refractivity contribution in [3.05, 3.63) is 52.8 Å². The highest BCUT2D eigenvalue weighted by Gasteiger charge is 2.21. The highest BCUT2D eigenvalue weighted by molar-refractivity contribution is 7.90. The molecule has 7 heteroatoms.